The van der Waals surface area contributed by atoms with E-state index in [1.165, 1.54) is 11.1 Å². The van der Waals surface area contributed by atoms with Crippen molar-refractivity contribution >= 4 is 0 Å². The molecule has 0 aliphatic heterocycles. The van der Waals surface area contributed by atoms with Crippen LogP contribution in [0.3, 0.4) is 0 Å². The molecule has 88 valence electrons. The summed E-state index contributed by atoms with van der Waals surface area (Å²) in [6.45, 7) is 4.14. The van der Waals surface area contributed by atoms with Crippen molar-refractivity contribution in [2.75, 3.05) is 14.2 Å². The van der Waals surface area contributed by atoms with Crippen molar-refractivity contribution in [3.8, 4) is 11.5 Å². The number of ether oxygens (including phenoxy) is 2. The van der Waals surface area contributed by atoms with E-state index in [1.807, 2.05) is 13.0 Å². The standard InChI is InChI=1S/C13H19NO2/c1-8-9(2)12(16-4)11(15-3)7-10(8)13(14)5-6-13/h7H,5-6,14H2,1-4H3. The van der Waals surface area contributed by atoms with Gasteiger partial charge in [-0.15, -0.1) is 0 Å². The second-order valence-corrected chi connectivity index (χ2v) is 4.57. The van der Waals surface area contributed by atoms with Crippen LogP contribution in [0.5, 0.6) is 11.5 Å². The van der Waals surface area contributed by atoms with Gasteiger partial charge in [0, 0.05) is 5.54 Å². The highest BCUT2D eigenvalue weighted by Crippen LogP contribution is 2.48. The van der Waals surface area contributed by atoms with E-state index < -0.39 is 0 Å². The van der Waals surface area contributed by atoms with Crippen molar-refractivity contribution in [2.45, 2.75) is 32.2 Å². The Kier molecular flexibility index (Phi) is 2.58. The summed E-state index contributed by atoms with van der Waals surface area (Å²) in [5, 5.41) is 0. The number of benzene rings is 1. The number of hydrogen-bond acceptors (Lipinski definition) is 3. The molecule has 3 nitrogen and oxygen atoms in total. The Labute approximate surface area is 96.5 Å². The molecular weight excluding hydrogens is 202 g/mol. The van der Waals surface area contributed by atoms with E-state index in [1.54, 1.807) is 14.2 Å². The summed E-state index contributed by atoms with van der Waals surface area (Å²) >= 11 is 0. The highest BCUT2D eigenvalue weighted by atomic mass is 16.5. The van der Waals surface area contributed by atoms with Crippen molar-refractivity contribution < 1.29 is 9.47 Å². The zero-order valence-electron chi connectivity index (χ0n) is 10.4. The van der Waals surface area contributed by atoms with Gasteiger partial charge in [0.15, 0.2) is 11.5 Å². The monoisotopic (exact) mass is 221 g/mol. The van der Waals surface area contributed by atoms with Crippen LogP contribution in [0, 0.1) is 13.8 Å². The molecule has 0 spiro atoms. The SMILES string of the molecule is COc1cc(C2(N)CC2)c(C)c(C)c1OC. The maximum atomic E-state index is 6.26. The Morgan fingerprint density at radius 2 is 1.75 bits per heavy atom. The van der Waals surface area contributed by atoms with E-state index in [-0.39, 0.29) is 5.54 Å². The van der Waals surface area contributed by atoms with E-state index in [9.17, 15) is 0 Å². The highest BCUT2D eigenvalue weighted by Gasteiger charge is 2.42. The molecule has 1 saturated carbocycles. The van der Waals surface area contributed by atoms with Crippen molar-refractivity contribution in [3.05, 3.63) is 22.8 Å². The first-order valence-electron chi connectivity index (χ1n) is 5.55. The molecule has 0 saturated heterocycles. The second kappa shape index (κ2) is 3.67. The lowest BCUT2D eigenvalue weighted by Gasteiger charge is -2.19. The summed E-state index contributed by atoms with van der Waals surface area (Å²) in [5.74, 6) is 1.59. The van der Waals surface area contributed by atoms with Crippen LogP contribution < -0.4 is 15.2 Å². The van der Waals surface area contributed by atoms with Gasteiger partial charge in [-0.2, -0.15) is 0 Å². The zero-order valence-corrected chi connectivity index (χ0v) is 10.4. The first-order valence-corrected chi connectivity index (χ1v) is 5.55. The topological polar surface area (TPSA) is 44.5 Å². The Balaban J connectivity index is 2.60. The van der Waals surface area contributed by atoms with E-state index in [4.69, 9.17) is 15.2 Å². The Hall–Kier alpha value is -1.22. The van der Waals surface area contributed by atoms with Gasteiger partial charge < -0.3 is 15.2 Å². The first-order chi connectivity index (χ1) is 7.53. The van der Waals surface area contributed by atoms with Gasteiger partial charge in [-0.25, -0.2) is 0 Å². The molecule has 1 aromatic carbocycles. The molecule has 1 fully saturated rings. The molecule has 1 aliphatic rings. The van der Waals surface area contributed by atoms with Crippen molar-refractivity contribution in [1.82, 2.24) is 0 Å². The molecule has 0 amide bonds. The average Bonchev–Trinajstić information content (AvgIpc) is 3.01. The van der Waals surface area contributed by atoms with E-state index in [0.717, 1.165) is 29.9 Å². The summed E-state index contributed by atoms with van der Waals surface area (Å²) in [4.78, 5) is 0. The molecule has 0 atom stereocenters. The molecule has 3 heteroatoms. The number of methoxy groups -OCH3 is 2. The van der Waals surface area contributed by atoms with Crippen LogP contribution in [-0.2, 0) is 5.54 Å². The normalized spacial score (nSPS) is 17.1. The Morgan fingerprint density at radius 1 is 1.12 bits per heavy atom. The third-order valence-electron chi connectivity index (χ3n) is 3.56. The van der Waals surface area contributed by atoms with E-state index >= 15 is 0 Å². The fourth-order valence-electron chi connectivity index (χ4n) is 2.19. The fraction of sp³-hybridized carbons (Fsp3) is 0.538. The average molecular weight is 221 g/mol. The number of rotatable bonds is 3. The minimum absolute atomic E-state index is 0.131. The van der Waals surface area contributed by atoms with Crippen LogP contribution in [0.15, 0.2) is 6.07 Å². The minimum Gasteiger partial charge on any atom is -0.493 e. The van der Waals surface area contributed by atoms with Gasteiger partial charge in [-0.05, 0) is 49.4 Å². The van der Waals surface area contributed by atoms with Crippen LogP contribution in [0.2, 0.25) is 0 Å². The van der Waals surface area contributed by atoms with Crippen LogP contribution in [0.25, 0.3) is 0 Å². The molecule has 1 aromatic rings. The Bertz CT molecular complexity index is 422. The van der Waals surface area contributed by atoms with E-state index in [2.05, 4.69) is 6.92 Å². The molecule has 0 heterocycles. The summed E-state index contributed by atoms with van der Waals surface area (Å²) in [6, 6.07) is 2.02. The molecule has 2 rings (SSSR count). The summed E-state index contributed by atoms with van der Waals surface area (Å²) in [5.41, 5.74) is 9.66. The third kappa shape index (κ3) is 1.55. The predicted molar refractivity (Wildman–Crippen MR) is 64.1 cm³/mol. The molecule has 2 N–H and O–H groups in total. The van der Waals surface area contributed by atoms with Gasteiger partial charge in [0.2, 0.25) is 0 Å². The number of hydrogen-bond donors (Lipinski definition) is 1. The fourth-order valence-corrected chi connectivity index (χ4v) is 2.19. The Morgan fingerprint density at radius 3 is 2.19 bits per heavy atom. The van der Waals surface area contributed by atoms with Gasteiger partial charge in [0.25, 0.3) is 0 Å². The summed E-state index contributed by atoms with van der Waals surface area (Å²) in [6.07, 6.45) is 2.12. The van der Waals surface area contributed by atoms with Gasteiger partial charge in [0.05, 0.1) is 14.2 Å². The lowest BCUT2D eigenvalue weighted by Crippen LogP contribution is -2.20. The third-order valence-corrected chi connectivity index (χ3v) is 3.56. The van der Waals surface area contributed by atoms with Gasteiger partial charge in [-0.1, -0.05) is 0 Å². The summed E-state index contributed by atoms with van der Waals surface area (Å²) in [7, 11) is 3.33. The smallest absolute Gasteiger partial charge is 0.163 e. The molecule has 1 aliphatic carbocycles. The highest BCUT2D eigenvalue weighted by molar-refractivity contribution is 5.56. The van der Waals surface area contributed by atoms with Crippen molar-refractivity contribution in [1.29, 1.82) is 0 Å². The lowest BCUT2D eigenvalue weighted by atomic mass is 9.95. The first kappa shape index (κ1) is 11.3. The zero-order chi connectivity index (χ0) is 11.9. The van der Waals surface area contributed by atoms with Crippen LogP contribution in [0.4, 0.5) is 0 Å². The molecule has 0 unspecified atom stereocenters. The van der Waals surface area contributed by atoms with Gasteiger partial charge in [-0.3, -0.25) is 0 Å². The van der Waals surface area contributed by atoms with E-state index in [0.29, 0.717) is 0 Å². The van der Waals surface area contributed by atoms with Crippen LogP contribution in [0.1, 0.15) is 29.5 Å². The largest absolute Gasteiger partial charge is 0.493 e. The van der Waals surface area contributed by atoms with Crippen LogP contribution in [-0.4, -0.2) is 14.2 Å². The maximum Gasteiger partial charge on any atom is 0.163 e. The molecule has 0 radical (unpaired) electrons. The quantitative estimate of drug-likeness (QED) is 0.851. The van der Waals surface area contributed by atoms with Crippen molar-refractivity contribution in [2.24, 2.45) is 5.73 Å². The molecule has 0 aromatic heterocycles. The second-order valence-electron chi connectivity index (χ2n) is 4.57. The van der Waals surface area contributed by atoms with Gasteiger partial charge in [0.1, 0.15) is 0 Å². The molecular formula is C13H19NO2. The van der Waals surface area contributed by atoms with Crippen LogP contribution >= 0.6 is 0 Å². The predicted octanol–water partition coefficient (Wildman–Crippen LogP) is 2.27. The minimum atomic E-state index is -0.131. The number of nitrogens with two attached hydrogens (primary N) is 1. The molecule has 16 heavy (non-hydrogen) atoms. The summed E-state index contributed by atoms with van der Waals surface area (Å²) < 4.78 is 10.7. The molecule has 0 bridgehead atoms. The van der Waals surface area contributed by atoms with Crippen molar-refractivity contribution in [3.63, 3.8) is 0 Å². The lowest BCUT2D eigenvalue weighted by molar-refractivity contribution is 0.351. The van der Waals surface area contributed by atoms with Gasteiger partial charge >= 0.3 is 0 Å². The maximum absolute atomic E-state index is 6.26.